The second-order valence-electron chi connectivity index (χ2n) is 4.52. The van der Waals surface area contributed by atoms with Gasteiger partial charge < -0.3 is 4.90 Å². The summed E-state index contributed by atoms with van der Waals surface area (Å²) in [7, 11) is 0. The first-order valence-electron chi connectivity index (χ1n) is 6.05. The molecule has 4 heteroatoms. The molecule has 2 rings (SSSR count). The molecule has 94 valence electrons. The molecule has 0 bridgehead atoms. The van der Waals surface area contributed by atoms with Gasteiger partial charge in [-0.2, -0.15) is 17.0 Å². The van der Waals surface area contributed by atoms with Crippen molar-refractivity contribution in [2.45, 2.75) is 25.1 Å². The Morgan fingerprint density at radius 1 is 1.50 bits per heavy atom. The van der Waals surface area contributed by atoms with E-state index in [4.69, 9.17) is 0 Å². The van der Waals surface area contributed by atoms with Crippen molar-refractivity contribution < 1.29 is 4.79 Å². The molecule has 0 radical (unpaired) electrons. The Kier molecular flexibility index (Phi) is 3.93. The van der Waals surface area contributed by atoms with Crippen LogP contribution in [0.2, 0.25) is 0 Å². The van der Waals surface area contributed by atoms with E-state index in [-0.39, 0.29) is 0 Å². The van der Waals surface area contributed by atoms with Gasteiger partial charge in [0.15, 0.2) is 0 Å². The standard InChI is InChI=1S/C14H16N2OS/c1-10-11(2)18-6-5-16(10)14-4-3-12(9-17)7-13(14)8-15/h3-4,7,9-11H,5-6H2,1-2H3. The fraction of sp³-hybridized carbons (Fsp3) is 0.429. The van der Waals surface area contributed by atoms with Crippen LogP contribution in [0.4, 0.5) is 5.69 Å². The number of carbonyl (C=O) groups excluding carboxylic acids is 1. The van der Waals surface area contributed by atoms with Gasteiger partial charge in [-0.3, -0.25) is 4.79 Å². The molecular weight excluding hydrogens is 244 g/mol. The SMILES string of the molecule is CC1SCCN(c2ccc(C=O)cc2C#N)C1C. The smallest absolute Gasteiger partial charge is 0.150 e. The molecule has 1 fully saturated rings. The van der Waals surface area contributed by atoms with Crippen LogP contribution in [0.15, 0.2) is 18.2 Å². The Balaban J connectivity index is 2.38. The third-order valence-electron chi connectivity index (χ3n) is 3.47. The molecule has 2 unspecified atom stereocenters. The summed E-state index contributed by atoms with van der Waals surface area (Å²) in [5.41, 5.74) is 2.09. The molecule has 1 aromatic carbocycles. The molecule has 1 heterocycles. The van der Waals surface area contributed by atoms with Gasteiger partial charge in [-0.15, -0.1) is 0 Å². The van der Waals surface area contributed by atoms with E-state index < -0.39 is 0 Å². The second-order valence-corrected chi connectivity index (χ2v) is 6.00. The maximum Gasteiger partial charge on any atom is 0.150 e. The molecule has 0 spiro atoms. The van der Waals surface area contributed by atoms with Crippen molar-refractivity contribution in [3.05, 3.63) is 29.3 Å². The number of nitriles is 1. The number of thioether (sulfide) groups is 1. The van der Waals surface area contributed by atoms with Gasteiger partial charge in [0.1, 0.15) is 12.4 Å². The molecule has 1 aliphatic rings. The van der Waals surface area contributed by atoms with Gasteiger partial charge in [-0.25, -0.2) is 0 Å². The lowest BCUT2D eigenvalue weighted by atomic mass is 10.1. The normalized spacial score (nSPS) is 23.5. The zero-order valence-electron chi connectivity index (χ0n) is 10.6. The number of rotatable bonds is 2. The van der Waals surface area contributed by atoms with Gasteiger partial charge >= 0.3 is 0 Å². The molecule has 18 heavy (non-hydrogen) atoms. The highest BCUT2D eigenvalue weighted by Crippen LogP contribution is 2.31. The minimum atomic E-state index is 0.401. The number of anilines is 1. The Labute approximate surface area is 112 Å². The largest absolute Gasteiger partial charge is 0.366 e. The predicted molar refractivity (Wildman–Crippen MR) is 75.3 cm³/mol. The summed E-state index contributed by atoms with van der Waals surface area (Å²) >= 11 is 1.96. The van der Waals surface area contributed by atoms with Crippen molar-refractivity contribution in [1.29, 1.82) is 5.26 Å². The molecule has 0 N–H and O–H groups in total. The molecule has 1 aromatic rings. The van der Waals surface area contributed by atoms with Crippen LogP contribution in [-0.4, -0.2) is 29.9 Å². The highest BCUT2D eigenvalue weighted by Gasteiger charge is 2.26. The zero-order valence-corrected chi connectivity index (χ0v) is 11.4. The van der Waals surface area contributed by atoms with E-state index in [1.807, 2.05) is 17.8 Å². The molecule has 2 atom stereocenters. The molecule has 3 nitrogen and oxygen atoms in total. The van der Waals surface area contributed by atoms with Crippen molar-refractivity contribution in [3.63, 3.8) is 0 Å². The first-order chi connectivity index (χ1) is 8.67. The number of hydrogen-bond donors (Lipinski definition) is 0. The van der Waals surface area contributed by atoms with E-state index >= 15 is 0 Å². The van der Waals surface area contributed by atoms with Crippen molar-refractivity contribution in [3.8, 4) is 6.07 Å². The summed E-state index contributed by atoms with van der Waals surface area (Å²) in [4.78, 5) is 13.0. The minimum Gasteiger partial charge on any atom is -0.366 e. The molecular formula is C14H16N2OS. The molecule has 0 saturated carbocycles. The zero-order chi connectivity index (χ0) is 13.1. The average Bonchev–Trinajstić information content (AvgIpc) is 2.41. The summed E-state index contributed by atoms with van der Waals surface area (Å²) in [5, 5.41) is 9.78. The Morgan fingerprint density at radius 2 is 2.28 bits per heavy atom. The fourth-order valence-corrected chi connectivity index (χ4v) is 3.34. The highest BCUT2D eigenvalue weighted by molar-refractivity contribution is 8.00. The first kappa shape index (κ1) is 13.0. The van der Waals surface area contributed by atoms with E-state index in [1.165, 1.54) is 0 Å². The van der Waals surface area contributed by atoms with Gasteiger partial charge in [-0.1, -0.05) is 6.92 Å². The topological polar surface area (TPSA) is 44.1 Å². The quantitative estimate of drug-likeness (QED) is 0.767. The summed E-state index contributed by atoms with van der Waals surface area (Å²) in [6.07, 6.45) is 0.780. The fourth-order valence-electron chi connectivity index (χ4n) is 2.24. The van der Waals surface area contributed by atoms with Gasteiger partial charge in [0.05, 0.1) is 11.3 Å². The molecule has 0 aliphatic carbocycles. The lowest BCUT2D eigenvalue weighted by molar-refractivity contribution is 0.112. The maximum atomic E-state index is 10.8. The van der Waals surface area contributed by atoms with Gasteiger partial charge in [0, 0.05) is 29.2 Å². The van der Waals surface area contributed by atoms with Gasteiger partial charge in [-0.05, 0) is 25.1 Å². The third kappa shape index (κ3) is 2.37. The monoisotopic (exact) mass is 260 g/mol. The Bertz CT molecular complexity index is 495. The van der Waals surface area contributed by atoms with Crippen LogP contribution in [0.25, 0.3) is 0 Å². The van der Waals surface area contributed by atoms with Crippen LogP contribution in [0.5, 0.6) is 0 Å². The van der Waals surface area contributed by atoms with Crippen LogP contribution in [0, 0.1) is 11.3 Å². The van der Waals surface area contributed by atoms with Gasteiger partial charge in [0.25, 0.3) is 0 Å². The summed E-state index contributed by atoms with van der Waals surface area (Å²) in [5.74, 6) is 1.08. The van der Waals surface area contributed by atoms with E-state index in [0.717, 1.165) is 24.3 Å². The molecule has 0 aromatic heterocycles. The van der Waals surface area contributed by atoms with Gasteiger partial charge in [0.2, 0.25) is 0 Å². The Morgan fingerprint density at radius 3 is 2.94 bits per heavy atom. The third-order valence-corrected chi connectivity index (χ3v) is 4.81. The summed E-state index contributed by atoms with van der Waals surface area (Å²) in [6.45, 7) is 5.35. The van der Waals surface area contributed by atoms with E-state index in [2.05, 4.69) is 24.8 Å². The number of carbonyl (C=O) groups is 1. The lowest BCUT2D eigenvalue weighted by Crippen LogP contribution is -2.45. The van der Waals surface area contributed by atoms with E-state index in [0.29, 0.717) is 22.4 Å². The summed E-state index contributed by atoms with van der Waals surface area (Å²) in [6, 6.07) is 7.94. The van der Waals surface area contributed by atoms with Crippen molar-refractivity contribution >= 4 is 23.7 Å². The van der Waals surface area contributed by atoms with Crippen molar-refractivity contribution in [2.24, 2.45) is 0 Å². The second kappa shape index (κ2) is 5.45. The molecule has 1 saturated heterocycles. The van der Waals surface area contributed by atoms with Crippen LogP contribution < -0.4 is 4.90 Å². The minimum absolute atomic E-state index is 0.401. The van der Waals surface area contributed by atoms with Crippen LogP contribution in [0.3, 0.4) is 0 Å². The van der Waals surface area contributed by atoms with Crippen molar-refractivity contribution in [2.75, 3.05) is 17.2 Å². The highest BCUT2D eigenvalue weighted by atomic mass is 32.2. The molecule has 1 aliphatic heterocycles. The van der Waals surface area contributed by atoms with Crippen LogP contribution in [-0.2, 0) is 0 Å². The lowest BCUT2D eigenvalue weighted by Gasteiger charge is -2.39. The number of hydrogen-bond acceptors (Lipinski definition) is 4. The van der Waals surface area contributed by atoms with Crippen molar-refractivity contribution in [1.82, 2.24) is 0 Å². The number of nitrogens with zero attached hydrogens (tertiary/aromatic N) is 2. The summed E-state index contributed by atoms with van der Waals surface area (Å²) < 4.78 is 0. The predicted octanol–water partition coefficient (Wildman–Crippen LogP) is 2.70. The number of benzene rings is 1. The number of aldehydes is 1. The Hall–Kier alpha value is -1.47. The van der Waals surface area contributed by atoms with E-state index in [9.17, 15) is 10.1 Å². The van der Waals surface area contributed by atoms with Crippen LogP contribution in [0.1, 0.15) is 29.8 Å². The maximum absolute atomic E-state index is 10.8. The average molecular weight is 260 g/mol. The van der Waals surface area contributed by atoms with E-state index in [1.54, 1.807) is 12.1 Å². The molecule has 0 amide bonds. The first-order valence-corrected chi connectivity index (χ1v) is 7.10. The van der Waals surface area contributed by atoms with Crippen LogP contribution >= 0.6 is 11.8 Å².